The number of aryl methyl sites for hydroxylation is 2. The highest BCUT2D eigenvalue weighted by Crippen LogP contribution is 2.24. The number of anilines is 2. The Morgan fingerprint density at radius 1 is 0.833 bits per heavy atom. The summed E-state index contributed by atoms with van der Waals surface area (Å²) >= 11 is 0. The number of nitrogens with one attached hydrogen (secondary N) is 1. The molecule has 0 bridgehead atoms. The number of hydrogen-bond donors (Lipinski definition) is 1. The van der Waals surface area contributed by atoms with Crippen molar-refractivity contribution in [2.24, 2.45) is 0 Å². The Morgan fingerprint density at radius 2 is 1.54 bits per heavy atom. The number of nitrogens with zero attached hydrogens (tertiary/aromatic N) is 1. The number of amides is 1. The maximum Gasteiger partial charge on any atom is 0.255 e. The summed E-state index contributed by atoms with van der Waals surface area (Å²) < 4.78 is 0. The van der Waals surface area contributed by atoms with E-state index in [0.717, 1.165) is 37.2 Å². The fraction of sp³-hybridized carbons (Fsp3) is 0.381. The van der Waals surface area contributed by atoms with Gasteiger partial charge in [0.25, 0.3) is 5.91 Å². The first-order chi connectivity index (χ1) is 11.8. The molecular weight excluding hydrogens is 296 g/mol. The zero-order valence-electron chi connectivity index (χ0n) is 14.1. The average Bonchev–Trinajstić information content (AvgIpc) is 3.16. The predicted octanol–water partition coefficient (Wildman–Crippen LogP) is 4.42. The topological polar surface area (TPSA) is 32.3 Å². The van der Waals surface area contributed by atoms with E-state index in [2.05, 4.69) is 34.5 Å². The Hall–Kier alpha value is -2.29. The molecule has 0 aromatic heterocycles. The first-order valence-corrected chi connectivity index (χ1v) is 9.08. The standard InChI is InChI=1S/C21H24N2O/c24-21(18-8-7-16-5-1-2-6-17(16)15-18)22-19-9-11-20(12-10-19)23-13-3-4-14-23/h7-12,15H,1-6,13-14H2,(H,22,24). The van der Waals surface area contributed by atoms with Crippen LogP contribution in [-0.4, -0.2) is 19.0 Å². The summed E-state index contributed by atoms with van der Waals surface area (Å²) in [6.45, 7) is 2.28. The van der Waals surface area contributed by atoms with Crippen molar-refractivity contribution in [3.63, 3.8) is 0 Å². The van der Waals surface area contributed by atoms with Crippen molar-refractivity contribution in [2.45, 2.75) is 38.5 Å². The minimum Gasteiger partial charge on any atom is -0.372 e. The van der Waals surface area contributed by atoms with Gasteiger partial charge in [0, 0.05) is 30.0 Å². The van der Waals surface area contributed by atoms with E-state index in [4.69, 9.17) is 0 Å². The molecule has 0 radical (unpaired) electrons. The Balaban J connectivity index is 1.45. The predicted molar refractivity (Wildman–Crippen MR) is 98.9 cm³/mol. The van der Waals surface area contributed by atoms with Gasteiger partial charge in [0.1, 0.15) is 0 Å². The number of rotatable bonds is 3. The fourth-order valence-corrected chi connectivity index (χ4v) is 3.81. The van der Waals surface area contributed by atoms with Crippen LogP contribution in [0.1, 0.15) is 47.2 Å². The van der Waals surface area contributed by atoms with Crippen LogP contribution in [0.25, 0.3) is 0 Å². The number of carbonyl (C=O) groups is 1. The zero-order chi connectivity index (χ0) is 16.4. The van der Waals surface area contributed by atoms with Gasteiger partial charge >= 0.3 is 0 Å². The van der Waals surface area contributed by atoms with Gasteiger partial charge in [-0.15, -0.1) is 0 Å². The first kappa shape index (κ1) is 15.3. The molecule has 1 amide bonds. The molecule has 1 N–H and O–H groups in total. The fourth-order valence-electron chi connectivity index (χ4n) is 3.81. The molecule has 1 saturated heterocycles. The van der Waals surface area contributed by atoms with Gasteiger partial charge in [-0.1, -0.05) is 6.07 Å². The smallest absolute Gasteiger partial charge is 0.255 e. The van der Waals surface area contributed by atoms with Crippen LogP contribution in [0.2, 0.25) is 0 Å². The summed E-state index contributed by atoms with van der Waals surface area (Å²) in [6, 6.07) is 14.4. The van der Waals surface area contributed by atoms with Gasteiger partial charge in [-0.25, -0.2) is 0 Å². The lowest BCUT2D eigenvalue weighted by Gasteiger charge is -2.18. The second kappa shape index (κ2) is 6.68. The molecule has 2 aliphatic rings. The normalized spacial score (nSPS) is 16.8. The number of benzene rings is 2. The van der Waals surface area contributed by atoms with Crippen LogP contribution < -0.4 is 10.2 Å². The summed E-state index contributed by atoms with van der Waals surface area (Å²) in [5.74, 6) is -0.0164. The SMILES string of the molecule is O=C(Nc1ccc(N2CCCC2)cc1)c1ccc2c(c1)CCCC2. The Morgan fingerprint density at radius 3 is 2.29 bits per heavy atom. The molecule has 1 aliphatic heterocycles. The molecule has 0 spiro atoms. The second-order valence-corrected chi connectivity index (χ2v) is 6.89. The number of fused-ring (bicyclic) bond motifs is 1. The third kappa shape index (κ3) is 3.16. The number of hydrogen-bond acceptors (Lipinski definition) is 2. The van der Waals surface area contributed by atoms with E-state index in [1.165, 1.54) is 42.5 Å². The van der Waals surface area contributed by atoms with Crippen molar-refractivity contribution in [2.75, 3.05) is 23.3 Å². The third-order valence-corrected chi connectivity index (χ3v) is 5.21. The minimum atomic E-state index is -0.0164. The summed E-state index contributed by atoms with van der Waals surface area (Å²) in [6.07, 6.45) is 7.29. The quantitative estimate of drug-likeness (QED) is 0.908. The van der Waals surface area contributed by atoms with Crippen LogP contribution in [0.4, 0.5) is 11.4 Å². The monoisotopic (exact) mass is 320 g/mol. The molecule has 0 unspecified atom stereocenters. The highest BCUT2D eigenvalue weighted by Gasteiger charge is 2.14. The third-order valence-electron chi connectivity index (χ3n) is 5.21. The summed E-state index contributed by atoms with van der Waals surface area (Å²) in [7, 11) is 0. The van der Waals surface area contributed by atoms with Crippen LogP contribution >= 0.6 is 0 Å². The summed E-state index contributed by atoms with van der Waals surface area (Å²) in [5.41, 5.74) is 5.63. The van der Waals surface area contributed by atoms with Crippen molar-refractivity contribution in [3.8, 4) is 0 Å². The molecule has 1 heterocycles. The van der Waals surface area contributed by atoms with Gasteiger partial charge in [0.05, 0.1) is 0 Å². The van der Waals surface area contributed by atoms with Gasteiger partial charge in [0.2, 0.25) is 0 Å². The first-order valence-electron chi connectivity index (χ1n) is 9.08. The van der Waals surface area contributed by atoms with E-state index in [0.29, 0.717) is 0 Å². The molecule has 24 heavy (non-hydrogen) atoms. The van der Waals surface area contributed by atoms with Crippen LogP contribution in [0, 0.1) is 0 Å². The van der Waals surface area contributed by atoms with Gasteiger partial charge in [-0.05, 0) is 86.1 Å². The molecule has 1 aliphatic carbocycles. The summed E-state index contributed by atoms with van der Waals surface area (Å²) in [5, 5.41) is 3.03. The molecular formula is C21H24N2O. The molecule has 0 atom stereocenters. The van der Waals surface area contributed by atoms with E-state index >= 15 is 0 Å². The molecule has 2 aromatic carbocycles. The van der Waals surface area contributed by atoms with Gasteiger partial charge < -0.3 is 10.2 Å². The lowest BCUT2D eigenvalue weighted by atomic mass is 9.90. The van der Waals surface area contributed by atoms with Crippen molar-refractivity contribution in [1.82, 2.24) is 0 Å². The Bertz CT molecular complexity index is 730. The van der Waals surface area contributed by atoms with Gasteiger partial charge in [-0.3, -0.25) is 4.79 Å². The molecule has 0 saturated carbocycles. The largest absolute Gasteiger partial charge is 0.372 e. The summed E-state index contributed by atoms with van der Waals surface area (Å²) in [4.78, 5) is 14.9. The zero-order valence-corrected chi connectivity index (χ0v) is 14.1. The molecule has 3 heteroatoms. The van der Waals surface area contributed by atoms with E-state index in [-0.39, 0.29) is 5.91 Å². The van der Waals surface area contributed by atoms with Crippen molar-refractivity contribution in [3.05, 3.63) is 59.2 Å². The molecule has 124 valence electrons. The molecule has 3 nitrogen and oxygen atoms in total. The highest BCUT2D eigenvalue weighted by molar-refractivity contribution is 6.04. The van der Waals surface area contributed by atoms with E-state index in [9.17, 15) is 4.79 Å². The van der Waals surface area contributed by atoms with E-state index in [1.54, 1.807) is 0 Å². The van der Waals surface area contributed by atoms with Crippen LogP contribution in [0.5, 0.6) is 0 Å². The van der Waals surface area contributed by atoms with Crippen molar-refractivity contribution in [1.29, 1.82) is 0 Å². The van der Waals surface area contributed by atoms with Crippen LogP contribution in [0.3, 0.4) is 0 Å². The maximum absolute atomic E-state index is 12.5. The lowest BCUT2D eigenvalue weighted by molar-refractivity contribution is 0.102. The highest BCUT2D eigenvalue weighted by atomic mass is 16.1. The van der Waals surface area contributed by atoms with Crippen LogP contribution in [0.15, 0.2) is 42.5 Å². The Labute approximate surface area is 143 Å². The van der Waals surface area contributed by atoms with Crippen molar-refractivity contribution >= 4 is 17.3 Å². The van der Waals surface area contributed by atoms with E-state index < -0.39 is 0 Å². The lowest BCUT2D eigenvalue weighted by Crippen LogP contribution is -2.17. The molecule has 4 rings (SSSR count). The maximum atomic E-state index is 12.5. The van der Waals surface area contributed by atoms with Gasteiger partial charge in [0.15, 0.2) is 0 Å². The van der Waals surface area contributed by atoms with Crippen LogP contribution in [-0.2, 0) is 12.8 Å². The molecule has 2 aromatic rings. The van der Waals surface area contributed by atoms with Crippen molar-refractivity contribution < 1.29 is 4.79 Å². The molecule has 1 fully saturated rings. The van der Waals surface area contributed by atoms with Gasteiger partial charge in [-0.2, -0.15) is 0 Å². The minimum absolute atomic E-state index is 0.0164. The Kier molecular flexibility index (Phi) is 4.24. The number of carbonyl (C=O) groups excluding carboxylic acids is 1. The second-order valence-electron chi connectivity index (χ2n) is 6.89. The van der Waals surface area contributed by atoms with E-state index in [1.807, 2.05) is 18.2 Å². The average molecular weight is 320 g/mol.